The molecule has 8 heteroatoms. The van der Waals surface area contributed by atoms with Crippen molar-refractivity contribution in [1.82, 2.24) is 19.6 Å². The maximum absolute atomic E-state index is 12.9. The molecule has 2 atom stereocenters. The highest BCUT2D eigenvalue weighted by Crippen LogP contribution is 2.39. The van der Waals surface area contributed by atoms with Crippen LogP contribution in [-0.2, 0) is 16.1 Å². The van der Waals surface area contributed by atoms with Crippen LogP contribution in [0.3, 0.4) is 0 Å². The Morgan fingerprint density at radius 2 is 1.96 bits per heavy atom. The maximum Gasteiger partial charge on any atom is 0.244 e. The van der Waals surface area contributed by atoms with Gasteiger partial charge in [-0.05, 0) is 45.4 Å². The summed E-state index contributed by atoms with van der Waals surface area (Å²) >= 11 is 1.52. The maximum atomic E-state index is 12.9. The van der Waals surface area contributed by atoms with Crippen LogP contribution in [0.2, 0.25) is 0 Å². The second kappa shape index (κ2) is 8.22. The Morgan fingerprint density at radius 3 is 2.59 bits per heavy atom. The third-order valence-corrected chi connectivity index (χ3v) is 6.39. The van der Waals surface area contributed by atoms with E-state index in [1.807, 2.05) is 36.0 Å². The van der Waals surface area contributed by atoms with Gasteiger partial charge in [0.1, 0.15) is 6.54 Å². The number of hydrogen-bond acceptors (Lipinski definition) is 5. The predicted molar refractivity (Wildman–Crippen MR) is 106 cm³/mol. The van der Waals surface area contributed by atoms with Crippen LogP contribution in [0.1, 0.15) is 30.7 Å². The summed E-state index contributed by atoms with van der Waals surface area (Å²) in [5.74, 6) is 0.618. The molecule has 1 N–H and O–H groups in total. The molecule has 0 bridgehead atoms. The van der Waals surface area contributed by atoms with Crippen LogP contribution in [-0.4, -0.2) is 80.8 Å². The summed E-state index contributed by atoms with van der Waals surface area (Å²) in [6.07, 6.45) is 3.73. The number of carbonyl (C=O) groups excluding carboxylic acids is 2. The van der Waals surface area contributed by atoms with Crippen LogP contribution in [0, 0.1) is 19.3 Å². The van der Waals surface area contributed by atoms with Gasteiger partial charge >= 0.3 is 0 Å². The standard InChI is InChI=1S/C19H30N4O3S/c1-14-9-15(2)23(20-14)10-17(25)21-7-4-6-19(12-21)13-22(8-5-16(19)24)18(26)11-27-3/h9,16,24H,4-8,10-13H2,1-3H3/t16-,19+/m1/s1. The summed E-state index contributed by atoms with van der Waals surface area (Å²) in [7, 11) is 0. The average molecular weight is 395 g/mol. The van der Waals surface area contributed by atoms with E-state index in [0.717, 1.165) is 24.2 Å². The van der Waals surface area contributed by atoms with Gasteiger partial charge in [0, 0.05) is 37.3 Å². The first-order valence-electron chi connectivity index (χ1n) is 9.58. The zero-order valence-electron chi connectivity index (χ0n) is 16.5. The van der Waals surface area contributed by atoms with Gasteiger partial charge in [0.2, 0.25) is 11.8 Å². The first kappa shape index (κ1) is 20.2. The summed E-state index contributed by atoms with van der Waals surface area (Å²) < 4.78 is 1.74. The number of rotatable bonds is 4. The number of nitrogens with zero attached hydrogens (tertiary/aromatic N) is 4. The number of hydrogen-bond donors (Lipinski definition) is 1. The Hall–Kier alpha value is -1.54. The molecule has 2 amide bonds. The number of likely N-dealkylation sites (tertiary alicyclic amines) is 2. The molecule has 0 saturated carbocycles. The fourth-order valence-corrected chi connectivity index (χ4v) is 4.84. The van der Waals surface area contributed by atoms with Gasteiger partial charge in [-0.15, -0.1) is 0 Å². The van der Waals surface area contributed by atoms with Gasteiger partial charge in [0.15, 0.2) is 0 Å². The van der Waals surface area contributed by atoms with Crippen LogP contribution < -0.4 is 0 Å². The lowest BCUT2D eigenvalue weighted by molar-refractivity contribution is -0.147. The Balaban J connectivity index is 1.70. The number of aryl methyl sites for hydroxylation is 2. The summed E-state index contributed by atoms with van der Waals surface area (Å²) in [5.41, 5.74) is 1.47. The van der Waals surface area contributed by atoms with Gasteiger partial charge in [-0.3, -0.25) is 14.3 Å². The van der Waals surface area contributed by atoms with Crippen molar-refractivity contribution in [1.29, 1.82) is 0 Å². The Morgan fingerprint density at radius 1 is 1.26 bits per heavy atom. The highest BCUT2D eigenvalue weighted by molar-refractivity contribution is 7.99. The van der Waals surface area contributed by atoms with Crippen molar-refractivity contribution in [2.45, 2.75) is 45.8 Å². The van der Waals surface area contributed by atoms with Crippen LogP contribution >= 0.6 is 11.8 Å². The lowest BCUT2D eigenvalue weighted by atomic mass is 9.71. The molecule has 7 nitrogen and oxygen atoms in total. The lowest BCUT2D eigenvalue weighted by Crippen LogP contribution is -2.61. The van der Waals surface area contributed by atoms with Crippen molar-refractivity contribution in [2.24, 2.45) is 5.41 Å². The van der Waals surface area contributed by atoms with Crippen LogP contribution in [0.15, 0.2) is 6.07 Å². The Kier molecular flexibility index (Phi) is 6.15. The fourth-order valence-electron chi connectivity index (χ4n) is 4.41. The van der Waals surface area contributed by atoms with Crippen molar-refractivity contribution in [3.05, 3.63) is 17.5 Å². The second-order valence-electron chi connectivity index (χ2n) is 7.92. The monoisotopic (exact) mass is 394 g/mol. The number of aliphatic hydroxyl groups is 1. The number of thioether (sulfide) groups is 1. The first-order chi connectivity index (χ1) is 12.8. The molecule has 150 valence electrons. The zero-order chi connectivity index (χ0) is 19.6. The van der Waals surface area contributed by atoms with Crippen molar-refractivity contribution < 1.29 is 14.7 Å². The molecular formula is C19H30N4O3S. The van der Waals surface area contributed by atoms with Crippen LogP contribution in [0.4, 0.5) is 0 Å². The Bertz CT molecular complexity index is 707. The van der Waals surface area contributed by atoms with E-state index in [1.165, 1.54) is 11.8 Å². The Labute approximate surface area is 165 Å². The predicted octanol–water partition coefficient (Wildman–Crippen LogP) is 1.06. The number of amides is 2. The van der Waals surface area contributed by atoms with Crippen molar-refractivity contribution >= 4 is 23.6 Å². The van der Waals surface area contributed by atoms with Gasteiger partial charge in [0.25, 0.3) is 0 Å². The quantitative estimate of drug-likeness (QED) is 0.826. The minimum atomic E-state index is -0.472. The molecule has 0 aliphatic carbocycles. The third-order valence-electron chi connectivity index (χ3n) is 5.86. The normalized spacial score (nSPS) is 25.9. The third kappa shape index (κ3) is 4.32. The summed E-state index contributed by atoms with van der Waals surface area (Å²) in [5, 5.41) is 15.1. The second-order valence-corrected chi connectivity index (χ2v) is 8.78. The minimum absolute atomic E-state index is 0.0278. The van der Waals surface area contributed by atoms with Gasteiger partial charge in [-0.25, -0.2) is 0 Å². The number of aliphatic hydroxyl groups excluding tert-OH is 1. The fraction of sp³-hybridized carbons (Fsp3) is 0.737. The van der Waals surface area contributed by atoms with Crippen LogP contribution in [0.5, 0.6) is 0 Å². The molecule has 3 heterocycles. The zero-order valence-corrected chi connectivity index (χ0v) is 17.3. The van der Waals surface area contributed by atoms with E-state index in [1.54, 1.807) is 4.68 Å². The molecule has 27 heavy (non-hydrogen) atoms. The van der Waals surface area contributed by atoms with E-state index in [0.29, 0.717) is 38.4 Å². The van der Waals surface area contributed by atoms with E-state index in [2.05, 4.69) is 5.10 Å². The van der Waals surface area contributed by atoms with Crippen molar-refractivity contribution in [3.63, 3.8) is 0 Å². The van der Waals surface area contributed by atoms with Crippen LogP contribution in [0.25, 0.3) is 0 Å². The van der Waals surface area contributed by atoms with Crippen molar-refractivity contribution in [3.8, 4) is 0 Å². The van der Waals surface area contributed by atoms with E-state index < -0.39 is 11.5 Å². The summed E-state index contributed by atoms with van der Waals surface area (Å²) in [6.45, 7) is 6.44. The van der Waals surface area contributed by atoms with Crippen molar-refractivity contribution in [2.75, 3.05) is 38.2 Å². The van der Waals surface area contributed by atoms with Gasteiger partial charge < -0.3 is 14.9 Å². The SMILES string of the molecule is CSCC(=O)N1CC[C@@H](O)[C@]2(CCCN(C(=O)Cn3nc(C)cc3C)C2)C1. The molecule has 0 unspecified atom stereocenters. The summed E-state index contributed by atoms with van der Waals surface area (Å²) in [6, 6.07) is 1.96. The van der Waals surface area contributed by atoms with E-state index in [9.17, 15) is 14.7 Å². The lowest BCUT2D eigenvalue weighted by Gasteiger charge is -2.51. The molecule has 0 radical (unpaired) electrons. The molecule has 1 aromatic rings. The minimum Gasteiger partial charge on any atom is -0.392 e. The highest BCUT2D eigenvalue weighted by atomic mass is 32.2. The average Bonchev–Trinajstić information content (AvgIpc) is 2.95. The first-order valence-corrected chi connectivity index (χ1v) is 11.0. The summed E-state index contributed by atoms with van der Waals surface area (Å²) in [4.78, 5) is 29.0. The van der Waals surface area contributed by atoms with Gasteiger partial charge in [-0.1, -0.05) is 0 Å². The molecule has 2 aliphatic heterocycles. The van der Waals surface area contributed by atoms with E-state index in [-0.39, 0.29) is 18.4 Å². The molecule has 2 saturated heterocycles. The molecule has 0 aromatic carbocycles. The highest BCUT2D eigenvalue weighted by Gasteiger charge is 2.47. The largest absolute Gasteiger partial charge is 0.392 e. The van der Waals surface area contributed by atoms with Gasteiger partial charge in [-0.2, -0.15) is 16.9 Å². The smallest absolute Gasteiger partial charge is 0.244 e. The van der Waals surface area contributed by atoms with E-state index in [4.69, 9.17) is 0 Å². The molecule has 3 rings (SSSR count). The van der Waals surface area contributed by atoms with Gasteiger partial charge in [0.05, 0.1) is 17.6 Å². The van der Waals surface area contributed by atoms with E-state index >= 15 is 0 Å². The number of aromatic nitrogens is 2. The number of piperidine rings is 2. The molecule has 2 aliphatic rings. The molecule has 1 spiro atoms. The molecule has 2 fully saturated rings. The number of carbonyl (C=O) groups is 2. The topological polar surface area (TPSA) is 78.7 Å². The molecular weight excluding hydrogens is 364 g/mol. The molecule has 1 aromatic heterocycles.